The minimum Gasteiger partial charge on any atom is -0.497 e. The second-order valence-electron chi connectivity index (χ2n) is 10.5. The van der Waals surface area contributed by atoms with Crippen molar-refractivity contribution in [2.24, 2.45) is 11.8 Å². The lowest BCUT2D eigenvalue weighted by atomic mass is 10.0. The largest absolute Gasteiger partial charge is 0.497 e. The molecule has 6 heteroatoms. The van der Waals surface area contributed by atoms with Crippen molar-refractivity contribution >= 4 is 27.8 Å². The highest BCUT2D eigenvalue weighted by Crippen LogP contribution is 2.35. The van der Waals surface area contributed by atoms with Crippen molar-refractivity contribution in [3.8, 4) is 28.3 Å². The van der Waals surface area contributed by atoms with Gasteiger partial charge in [-0.05, 0) is 72.0 Å². The number of nitrogens with zero attached hydrogens (tertiary/aromatic N) is 3. The number of imidazole rings is 1. The van der Waals surface area contributed by atoms with Crippen LogP contribution in [0.1, 0.15) is 19.3 Å². The Labute approximate surface area is 215 Å². The number of fused-ring (bicyclic) bond motifs is 2. The molecule has 2 fully saturated rings. The van der Waals surface area contributed by atoms with Crippen molar-refractivity contribution in [3.05, 3.63) is 72.9 Å². The molecule has 2 aliphatic rings. The molecule has 0 bridgehead atoms. The van der Waals surface area contributed by atoms with Crippen molar-refractivity contribution in [3.63, 3.8) is 0 Å². The van der Waals surface area contributed by atoms with Crippen LogP contribution in [0.25, 0.3) is 44.5 Å². The number of benzene rings is 3. The normalized spacial score (nSPS) is 17.6. The Morgan fingerprint density at radius 2 is 1.78 bits per heavy atom. The number of amides is 1. The maximum Gasteiger partial charge on any atom is 0.225 e. The fraction of sp³-hybridized carbons (Fsp3) is 0.290. The molecule has 3 heterocycles. The van der Waals surface area contributed by atoms with Crippen LogP contribution in [0.5, 0.6) is 5.75 Å². The summed E-state index contributed by atoms with van der Waals surface area (Å²) < 4.78 is 7.81. The van der Waals surface area contributed by atoms with Crippen LogP contribution in [0.2, 0.25) is 0 Å². The Balaban J connectivity index is 1.22. The van der Waals surface area contributed by atoms with Gasteiger partial charge in [0, 0.05) is 48.9 Å². The third-order valence-corrected chi connectivity index (χ3v) is 7.95. The first kappa shape index (κ1) is 22.2. The van der Waals surface area contributed by atoms with E-state index in [0.717, 1.165) is 72.6 Å². The summed E-state index contributed by atoms with van der Waals surface area (Å²) in [7, 11) is 1.69. The summed E-state index contributed by atoms with van der Waals surface area (Å²) in [6, 6.07) is 23.4. The maximum absolute atomic E-state index is 12.6. The Hall–Kier alpha value is -4.06. The number of likely N-dealkylation sites (tertiary alicyclic amines) is 1. The molecule has 1 amide bonds. The maximum atomic E-state index is 12.6. The number of methoxy groups -OCH3 is 1. The topological polar surface area (TPSA) is 63.1 Å². The van der Waals surface area contributed by atoms with Gasteiger partial charge < -0.3 is 19.2 Å². The van der Waals surface area contributed by atoms with Gasteiger partial charge in [0.2, 0.25) is 5.91 Å². The van der Waals surface area contributed by atoms with Gasteiger partial charge in [-0.3, -0.25) is 4.79 Å². The van der Waals surface area contributed by atoms with Crippen molar-refractivity contribution < 1.29 is 9.53 Å². The molecule has 1 N–H and O–H groups in total. The molecule has 1 saturated heterocycles. The Morgan fingerprint density at radius 1 is 0.973 bits per heavy atom. The summed E-state index contributed by atoms with van der Waals surface area (Å²) in [6.07, 6.45) is 5.14. The zero-order valence-corrected chi connectivity index (χ0v) is 21.0. The molecule has 186 valence electrons. The smallest absolute Gasteiger partial charge is 0.225 e. The number of aromatic amines is 1. The zero-order chi connectivity index (χ0) is 24.9. The molecule has 0 radical (unpaired) electrons. The van der Waals surface area contributed by atoms with Gasteiger partial charge in [0.15, 0.2) is 0 Å². The number of nitrogens with one attached hydrogen (secondary N) is 1. The number of H-pyrrole nitrogens is 1. The van der Waals surface area contributed by atoms with Crippen LogP contribution in [-0.4, -0.2) is 45.5 Å². The first-order valence-corrected chi connectivity index (χ1v) is 13.2. The first-order chi connectivity index (χ1) is 18.2. The third-order valence-electron chi connectivity index (χ3n) is 7.95. The van der Waals surface area contributed by atoms with Crippen LogP contribution < -0.4 is 4.74 Å². The van der Waals surface area contributed by atoms with Crippen molar-refractivity contribution in [1.29, 1.82) is 0 Å². The van der Waals surface area contributed by atoms with Gasteiger partial charge in [0.1, 0.15) is 11.6 Å². The monoisotopic (exact) mass is 490 g/mol. The average molecular weight is 491 g/mol. The molecule has 0 unspecified atom stereocenters. The first-order valence-electron chi connectivity index (χ1n) is 13.2. The van der Waals surface area contributed by atoms with Gasteiger partial charge in [0.25, 0.3) is 0 Å². The Morgan fingerprint density at radius 3 is 2.59 bits per heavy atom. The summed E-state index contributed by atoms with van der Waals surface area (Å²) in [4.78, 5) is 23.0. The van der Waals surface area contributed by atoms with Gasteiger partial charge in [-0.2, -0.15) is 0 Å². The van der Waals surface area contributed by atoms with E-state index in [1.54, 1.807) is 7.11 Å². The van der Waals surface area contributed by atoms with Crippen LogP contribution in [0.4, 0.5) is 0 Å². The van der Waals surface area contributed by atoms with Crippen LogP contribution in [0.15, 0.2) is 72.9 Å². The fourth-order valence-corrected chi connectivity index (χ4v) is 5.71. The molecule has 0 spiro atoms. The van der Waals surface area contributed by atoms with Crippen molar-refractivity contribution in [2.45, 2.75) is 25.8 Å². The van der Waals surface area contributed by atoms with Gasteiger partial charge in [-0.25, -0.2) is 4.98 Å². The summed E-state index contributed by atoms with van der Waals surface area (Å²) in [5, 5.41) is 1.21. The summed E-state index contributed by atoms with van der Waals surface area (Å²) in [5.41, 5.74) is 6.65. The van der Waals surface area contributed by atoms with E-state index >= 15 is 0 Å². The SMILES string of the molecule is COc1ccc2c(c1)nc(-c1ccc(-c3ccc4[nH]ccc4c3)cc1)n2C[C@H]1CCN(C(=O)C2CC2)C1. The molecule has 5 aromatic rings. The fourth-order valence-electron chi connectivity index (χ4n) is 5.71. The molecule has 2 aromatic heterocycles. The van der Waals surface area contributed by atoms with Crippen LogP contribution >= 0.6 is 0 Å². The highest BCUT2D eigenvalue weighted by atomic mass is 16.5. The predicted octanol–water partition coefficient (Wildman–Crippen LogP) is 6.12. The minimum absolute atomic E-state index is 0.285. The Kier molecular flexibility index (Phi) is 5.27. The van der Waals surface area contributed by atoms with Gasteiger partial charge in [0.05, 0.1) is 18.1 Å². The molecule has 1 saturated carbocycles. The lowest BCUT2D eigenvalue weighted by Crippen LogP contribution is -2.30. The van der Waals surface area contributed by atoms with E-state index < -0.39 is 0 Å². The third kappa shape index (κ3) is 4.06. The Bertz CT molecular complexity index is 1610. The van der Waals surface area contributed by atoms with E-state index in [1.807, 2.05) is 18.3 Å². The van der Waals surface area contributed by atoms with E-state index in [4.69, 9.17) is 9.72 Å². The van der Waals surface area contributed by atoms with Gasteiger partial charge in [-0.1, -0.05) is 30.3 Å². The molecular formula is C31H30N4O2. The molecule has 6 nitrogen and oxygen atoms in total. The van der Waals surface area contributed by atoms with E-state index in [0.29, 0.717) is 11.8 Å². The molecule has 3 aromatic carbocycles. The number of carbonyl (C=O) groups is 1. The zero-order valence-electron chi connectivity index (χ0n) is 21.0. The molecule has 1 aliphatic heterocycles. The van der Waals surface area contributed by atoms with Crippen molar-refractivity contribution in [1.82, 2.24) is 19.4 Å². The predicted molar refractivity (Wildman–Crippen MR) is 146 cm³/mol. The lowest BCUT2D eigenvalue weighted by Gasteiger charge is -2.18. The highest BCUT2D eigenvalue weighted by Gasteiger charge is 2.36. The second kappa shape index (κ2) is 8.80. The minimum atomic E-state index is 0.285. The standard InChI is InChI=1S/C31H30N4O2/c1-37-26-9-11-29-28(17-26)33-30(35(29)19-20-13-15-34(18-20)31(36)23-6-7-23)22-4-2-21(3-5-22)24-8-10-27-25(16-24)12-14-32-27/h2-5,8-12,14,16-17,20,23,32H,6-7,13,15,18-19H2,1H3/t20-/m0/s1. The molecule has 1 atom stereocenters. The summed E-state index contributed by atoms with van der Waals surface area (Å²) in [5.74, 6) is 2.83. The van der Waals surface area contributed by atoms with Crippen LogP contribution in [0, 0.1) is 11.8 Å². The number of ether oxygens (including phenoxy) is 1. The van der Waals surface area contributed by atoms with E-state index in [2.05, 4.69) is 69.0 Å². The van der Waals surface area contributed by atoms with Gasteiger partial charge >= 0.3 is 0 Å². The van der Waals surface area contributed by atoms with E-state index in [-0.39, 0.29) is 5.92 Å². The number of hydrogen-bond donors (Lipinski definition) is 1. The summed E-state index contributed by atoms with van der Waals surface area (Å²) >= 11 is 0. The highest BCUT2D eigenvalue weighted by molar-refractivity contribution is 5.86. The molecule has 1 aliphatic carbocycles. The molecule has 37 heavy (non-hydrogen) atoms. The van der Waals surface area contributed by atoms with Crippen LogP contribution in [-0.2, 0) is 11.3 Å². The molecule has 7 rings (SSSR count). The quantitative estimate of drug-likeness (QED) is 0.312. The number of hydrogen-bond acceptors (Lipinski definition) is 3. The van der Waals surface area contributed by atoms with E-state index in [9.17, 15) is 4.79 Å². The van der Waals surface area contributed by atoms with E-state index in [1.165, 1.54) is 16.5 Å². The second-order valence-corrected chi connectivity index (χ2v) is 10.5. The lowest BCUT2D eigenvalue weighted by molar-refractivity contribution is -0.131. The average Bonchev–Trinajstić information content (AvgIpc) is 3.33. The van der Waals surface area contributed by atoms with Gasteiger partial charge in [-0.15, -0.1) is 0 Å². The number of rotatable bonds is 6. The summed E-state index contributed by atoms with van der Waals surface area (Å²) in [6.45, 7) is 2.56. The number of aromatic nitrogens is 3. The van der Waals surface area contributed by atoms with Crippen molar-refractivity contribution in [2.75, 3.05) is 20.2 Å². The molecular weight excluding hydrogens is 460 g/mol. The number of carbonyl (C=O) groups excluding carboxylic acids is 1. The van der Waals surface area contributed by atoms with Crippen LogP contribution in [0.3, 0.4) is 0 Å².